The fourth-order valence-corrected chi connectivity index (χ4v) is 5.85. The van der Waals surface area contributed by atoms with E-state index in [4.69, 9.17) is 21.3 Å². The lowest BCUT2D eigenvalue weighted by molar-refractivity contribution is -0.113. The number of hydrogen-bond donors (Lipinski definition) is 1. The van der Waals surface area contributed by atoms with E-state index >= 15 is 0 Å². The standard InChI is InChI=1S/C25H24ClN3O3S2/c1-4-5-20-15(2)22-23(34-20)28-25(29(24(22)31)18-10-12-19(32-3)13-11-18)33-14-21(30)27-17-8-6-16(26)7-9-17/h6-13H,4-5,14H2,1-3H3,(H,27,30). The highest BCUT2D eigenvalue weighted by Gasteiger charge is 2.20. The molecule has 0 aliphatic rings. The minimum Gasteiger partial charge on any atom is -0.497 e. The number of aryl methyl sites for hydroxylation is 2. The average Bonchev–Trinajstić information content (AvgIpc) is 3.15. The maximum absolute atomic E-state index is 13.7. The molecule has 4 aromatic rings. The zero-order valence-corrected chi connectivity index (χ0v) is 21.4. The Hall–Kier alpha value is -2.81. The van der Waals surface area contributed by atoms with Gasteiger partial charge in [-0.05, 0) is 67.4 Å². The molecule has 0 unspecified atom stereocenters. The Kier molecular flexibility index (Phi) is 7.60. The van der Waals surface area contributed by atoms with Gasteiger partial charge < -0.3 is 10.1 Å². The molecule has 1 amide bonds. The number of nitrogens with zero attached hydrogens (tertiary/aromatic N) is 2. The molecule has 0 saturated carbocycles. The Labute approximate surface area is 210 Å². The maximum atomic E-state index is 13.7. The highest BCUT2D eigenvalue weighted by atomic mass is 35.5. The molecular weight excluding hydrogens is 490 g/mol. The van der Waals surface area contributed by atoms with Crippen molar-refractivity contribution < 1.29 is 9.53 Å². The summed E-state index contributed by atoms with van der Waals surface area (Å²) >= 11 is 8.70. The number of amides is 1. The minimum absolute atomic E-state index is 0.100. The lowest BCUT2D eigenvalue weighted by atomic mass is 10.1. The van der Waals surface area contributed by atoms with Crippen LogP contribution in [0.1, 0.15) is 23.8 Å². The number of rotatable bonds is 8. The molecule has 2 aromatic carbocycles. The average molecular weight is 514 g/mol. The summed E-state index contributed by atoms with van der Waals surface area (Å²) in [4.78, 5) is 33.0. The van der Waals surface area contributed by atoms with E-state index in [-0.39, 0.29) is 17.2 Å². The van der Waals surface area contributed by atoms with Crippen LogP contribution in [-0.4, -0.2) is 28.3 Å². The first-order chi connectivity index (χ1) is 16.4. The molecule has 0 bridgehead atoms. The predicted octanol–water partition coefficient (Wildman–Crippen LogP) is 6.10. The van der Waals surface area contributed by atoms with Crippen molar-refractivity contribution in [1.29, 1.82) is 0 Å². The van der Waals surface area contributed by atoms with Crippen LogP contribution in [0, 0.1) is 6.92 Å². The molecule has 9 heteroatoms. The number of hydrogen-bond acceptors (Lipinski definition) is 6. The van der Waals surface area contributed by atoms with Crippen molar-refractivity contribution in [1.82, 2.24) is 9.55 Å². The zero-order valence-electron chi connectivity index (χ0n) is 19.1. The molecule has 34 heavy (non-hydrogen) atoms. The van der Waals surface area contributed by atoms with Crippen molar-refractivity contribution >= 4 is 56.5 Å². The van der Waals surface area contributed by atoms with Crippen LogP contribution in [0.3, 0.4) is 0 Å². The lowest BCUT2D eigenvalue weighted by Crippen LogP contribution is -2.22. The second kappa shape index (κ2) is 10.6. The van der Waals surface area contributed by atoms with Gasteiger partial charge in [-0.25, -0.2) is 4.98 Å². The summed E-state index contributed by atoms with van der Waals surface area (Å²) in [7, 11) is 1.60. The van der Waals surface area contributed by atoms with Crippen LogP contribution in [-0.2, 0) is 11.2 Å². The number of aromatic nitrogens is 2. The summed E-state index contributed by atoms with van der Waals surface area (Å²) in [5.41, 5.74) is 2.18. The van der Waals surface area contributed by atoms with Crippen LogP contribution >= 0.6 is 34.7 Å². The van der Waals surface area contributed by atoms with Crippen molar-refractivity contribution in [2.45, 2.75) is 31.8 Å². The van der Waals surface area contributed by atoms with Gasteiger partial charge in [-0.15, -0.1) is 11.3 Å². The topological polar surface area (TPSA) is 73.2 Å². The number of benzene rings is 2. The van der Waals surface area contributed by atoms with E-state index in [2.05, 4.69) is 12.2 Å². The number of anilines is 1. The molecule has 0 spiro atoms. The molecule has 6 nitrogen and oxygen atoms in total. The maximum Gasteiger partial charge on any atom is 0.267 e. The summed E-state index contributed by atoms with van der Waals surface area (Å²) < 4.78 is 6.84. The lowest BCUT2D eigenvalue weighted by Gasteiger charge is -2.13. The zero-order chi connectivity index (χ0) is 24.2. The summed E-state index contributed by atoms with van der Waals surface area (Å²) in [5.74, 6) is 0.597. The molecule has 0 aliphatic carbocycles. The normalized spacial score (nSPS) is 11.1. The fourth-order valence-electron chi connectivity index (χ4n) is 3.59. The first kappa shape index (κ1) is 24.3. The van der Waals surface area contributed by atoms with E-state index in [0.717, 1.165) is 18.4 Å². The number of methoxy groups -OCH3 is 1. The summed E-state index contributed by atoms with van der Waals surface area (Å²) in [6.45, 7) is 4.10. The largest absolute Gasteiger partial charge is 0.497 e. The molecular formula is C25H24ClN3O3S2. The Bertz CT molecular complexity index is 1380. The first-order valence-corrected chi connectivity index (χ1v) is 13.0. The molecule has 2 aromatic heterocycles. The van der Waals surface area contributed by atoms with E-state index in [1.165, 1.54) is 16.6 Å². The van der Waals surface area contributed by atoms with Gasteiger partial charge in [-0.2, -0.15) is 0 Å². The fraction of sp³-hybridized carbons (Fsp3) is 0.240. The van der Waals surface area contributed by atoms with Gasteiger partial charge >= 0.3 is 0 Å². The summed E-state index contributed by atoms with van der Waals surface area (Å²) in [5, 5.41) is 4.56. The summed E-state index contributed by atoms with van der Waals surface area (Å²) in [6.07, 6.45) is 1.90. The second-order valence-corrected chi connectivity index (χ2v) is 10.1. The Morgan fingerprint density at radius 1 is 1.18 bits per heavy atom. The smallest absolute Gasteiger partial charge is 0.267 e. The summed E-state index contributed by atoms with van der Waals surface area (Å²) in [6, 6.07) is 14.2. The molecule has 0 saturated heterocycles. The van der Waals surface area contributed by atoms with Gasteiger partial charge in [0.1, 0.15) is 10.6 Å². The van der Waals surface area contributed by atoms with E-state index in [1.54, 1.807) is 59.4 Å². The van der Waals surface area contributed by atoms with Gasteiger partial charge in [-0.1, -0.05) is 36.7 Å². The molecule has 1 N–H and O–H groups in total. The Balaban J connectivity index is 1.71. The van der Waals surface area contributed by atoms with Gasteiger partial charge in [0.15, 0.2) is 5.16 Å². The van der Waals surface area contributed by atoms with E-state index in [9.17, 15) is 9.59 Å². The van der Waals surface area contributed by atoms with Gasteiger partial charge in [-0.3, -0.25) is 14.2 Å². The number of thiophene rings is 1. The monoisotopic (exact) mass is 513 g/mol. The number of nitrogens with one attached hydrogen (secondary N) is 1. The van der Waals surface area contributed by atoms with Crippen molar-refractivity contribution in [3.8, 4) is 11.4 Å². The third-order valence-electron chi connectivity index (χ3n) is 5.30. The number of thioether (sulfide) groups is 1. The van der Waals surface area contributed by atoms with Crippen molar-refractivity contribution in [2.24, 2.45) is 0 Å². The van der Waals surface area contributed by atoms with Crippen LogP contribution in [0.25, 0.3) is 15.9 Å². The number of fused-ring (bicyclic) bond motifs is 1. The van der Waals surface area contributed by atoms with Crippen molar-refractivity contribution in [2.75, 3.05) is 18.2 Å². The molecule has 2 heterocycles. The molecule has 0 radical (unpaired) electrons. The first-order valence-electron chi connectivity index (χ1n) is 10.8. The molecule has 4 rings (SSSR count). The third kappa shape index (κ3) is 5.14. The Morgan fingerprint density at radius 2 is 1.88 bits per heavy atom. The highest BCUT2D eigenvalue weighted by Crippen LogP contribution is 2.31. The van der Waals surface area contributed by atoms with Gasteiger partial charge in [0.2, 0.25) is 5.91 Å². The van der Waals surface area contributed by atoms with Crippen LogP contribution < -0.4 is 15.6 Å². The number of carbonyl (C=O) groups excluding carboxylic acids is 1. The van der Waals surface area contributed by atoms with Gasteiger partial charge in [0.25, 0.3) is 5.56 Å². The van der Waals surface area contributed by atoms with Crippen LogP contribution in [0.2, 0.25) is 5.02 Å². The molecule has 176 valence electrons. The van der Waals surface area contributed by atoms with E-state index < -0.39 is 0 Å². The molecule has 0 aliphatic heterocycles. The SMILES string of the molecule is CCCc1sc2nc(SCC(=O)Nc3ccc(Cl)cc3)n(-c3ccc(OC)cc3)c(=O)c2c1C. The number of halogens is 1. The van der Waals surface area contributed by atoms with Crippen LogP contribution in [0.4, 0.5) is 5.69 Å². The van der Waals surface area contributed by atoms with Crippen LogP contribution in [0.5, 0.6) is 5.75 Å². The third-order valence-corrected chi connectivity index (χ3v) is 7.74. The van der Waals surface area contributed by atoms with Crippen molar-refractivity contribution in [3.63, 3.8) is 0 Å². The molecule has 0 fully saturated rings. The highest BCUT2D eigenvalue weighted by molar-refractivity contribution is 7.99. The Morgan fingerprint density at radius 3 is 2.53 bits per heavy atom. The van der Waals surface area contributed by atoms with Crippen molar-refractivity contribution in [3.05, 3.63) is 74.3 Å². The van der Waals surface area contributed by atoms with E-state index in [0.29, 0.717) is 37.5 Å². The number of ether oxygens (including phenoxy) is 1. The second-order valence-electron chi connectivity index (χ2n) is 7.66. The quantitative estimate of drug-likeness (QED) is 0.227. The van der Waals surface area contributed by atoms with Gasteiger partial charge in [0.05, 0.1) is 23.9 Å². The predicted molar refractivity (Wildman–Crippen MR) is 141 cm³/mol. The number of carbonyl (C=O) groups is 1. The minimum atomic E-state index is -0.197. The van der Waals surface area contributed by atoms with Crippen LogP contribution in [0.15, 0.2) is 58.5 Å². The van der Waals surface area contributed by atoms with E-state index in [1.807, 2.05) is 19.1 Å². The molecule has 0 atom stereocenters. The van der Waals surface area contributed by atoms with Gasteiger partial charge in [0, 0.05) is 15.6 Å².